The molecule has 1 aliphatic carbocycles. The fourth-order valence-corrected chi connectivity index (χ4v) is 4.57. The Bertz CT molecular complexity index is 939. The van der Waals surface area contributed by atoms with E-state index in [4.69, 9.17) is 23.2 Å². The maximum Gasteiger partial charge on any atom is 0.242 e. The topological polar surface area (TPSA) is 86.8 Å². The van der Waals surface area contributed by atoms with Crippen LogP contribution in [-0.2, 0) is 25.7 Å². The molecule has 3 atom stereocenters. The molecular formula is C24H29Cl2N3O4. The molecule has 0 saturated carbocycles. The van der Waals surface area contributed by atoms with Crippen molar-refractivity contribution < 1.29 is 19.2 Å². The van der Waals surface area contributed by atoms with Gasteiger partial charge in [-0.05, 0) is 43.9 Å². The molecule has 0 radical (unpaired) electrons. The van der Waals surface area contributed by atoms with Gasteiger partial charge in [0.25, 0.3) is 0 Å². The van der Waals surface area contributed by atoms with Crippen LogP contribution in [0, 0.1) is 11.8 Å². The first kappa shape index (κ1) is 25.2. The number of hydrogen-bond acceptors (Lipinski definition) is 4. The Labute approximate surface area is 204 Å². The number of rotatable bonds is 9. The lowest BCUT2D eigenvalue weighted by atomic mass is 9.85. The fourth-order valence-electron chi connectivity index (χ4n) is 4.25. The quantitative estimate of drug-likeness (QED) is 0.420. The fraction of sp³-hybridized carbons (Fsp3) is 0.500. The first-order valence-electron chi connectivity index (χ1n) is 11.3. The molecule has 9 heteroatoms. The van der Waals surface area contributed by atoms with Gasteiger partial charge in [0.2, 0.25) is 23.6 Å². The summed E-state index contributed by atoms with van der Waals surface area (Å²) in [6, 6.07) is 4.30. The van der Waals surface area contributed by atoms with Crippen molar-refractivity contribution in [2.75, 3.05) is 13.1 Å². The molecule has 178 valence electrons. The lowest BCUT2D eigenvalue weighted by molar-refractivity contribution is -0.143. The molecule has 1 aromatic carbocycles. The highest BCUT2D eigenvalue weighted by Gasteiger charge is 2.47. The summed E-state index contributed by atoms with van der Waals surface area (Å²) in [4.78, 5) is 53.9. The number of fused-ring (bicyclic) bond motifs is 1. The number of hydrogen-bond donors (Lipinski definition) is 1. The second-order valence-corrected chi connectivity index (χ2v) is 9.29. The lowest BCUT2D eigenvalue weighted by Crippen LogP contribution is -2.48. The van der Waals surface area contributed by atoms with Crippen LogP contribution in [0.5, 0.6) is 0 Å². The Balaban J connectivity index is 1.72. The van der Waals surface area contributed by atoms with Crippen LogP contribution in [0.4, 0.5) is 0 Å². The van der Waals surface area contributed by atoms with Crippen LogP contribution in [0.15, 0.2) is 30.4 Å². The molecule has 0 bridgehead atoms. The van der Waals surface area contributed by atoms with Crippen molar-refractivity contribution in [2.45, 2.75) is 52.1 Å². The van der Waals surface area contributed by atoms with Gasteiger partial charge in [-0.1, -0.05) is 48.3 Å². The van der Waals surface area contributed by atoms with Gasteiger partial charge >= 0.3 is 0 Å². The Kier molecular flexibility index (Phi) is 8.54. The van der Waals surface area contributed by atoms with Gasteiger partial charge in [0.15, 0.2) is 0 Å². The standard InChI is InChI=1S/C24H29Cl2N3O4/c1-3-11-27-22(31)15(2)29(14-16-8-9-19(25)20(26)13-16)21(30)10-12-28-23(32)17-6-4-5-7-18(17)24(28)33/h4-5,8-9,13,15,17-18H,3,6-7,10-12,14H2,1-2H3,(H,27,31)/t15-,17-,18+/m0/s1. The van der Waals surface area contributed by atoms with Crippen molar-refractivity contribution in [3.63, 3.8) is 0 Å². The van der Waals surface area contributed by atoms with E-state index in [9.17, 15) is 19.2 Å². The smallest absolute Gasteiger partial charge is 0.242 e. The summed E-state index contributed by atoms with van der Waals surface area (Å²) >= 11 is 12.1. The maximum absolute atomic E-state index is 13.2. The van der Waals surface area contributed by atoms with E-state index in [1.807, 2.05) is 19.1 Å². The van der Waals surface area contributed by atoms with Gasteiger partial charge in [-0.3, -0.25) is 24.1 Å². The predicted octanol–water partition coefficient (Wildman–Crippen LogP) is 3.58. The van der Waals surface area contributed by atoms with Crippen molar-refractivity contribution in [1.29, 1.82) is 0 Å². The third-order valence-electron chi connectivity index (χ3n) is 6.20. The van der Waals surface area contributed by atoms with E-state index in [2.05, 4.69) is 5.32 Å². The minimum Gasteiger partial charge on any atom is -0.354 e. The summed E-state index contributed by atoms with van der Waals surface area (Å²) in [6.07, 6.45) is 5.68. The number of benzene rings is 1. The first-order valence-corrected chi connectivity index (χ1v) is 12.0. The normalized spacial score (nSPS) is 20.5. The average Bonchev–Trinajstić information content (AvgIpc) is 3.05. The van der Waals surface area contributed by atoms with Gasteiger partial charge in [0.1, 0.15) is 6.04 Å². The first-order chi connectivity index (χ1) is 15.7. The molecule has 3 rings (SSSR count). The van der Waals surface area contributed by atoms with E-state index in [-0.39, 0.29) is 55.0 Å². The molecule has 0 spiro atoms. The molecule has 2 aliphatic rings. The molecule has 1 fully saturated rings. The zero-order valence-electron chi connectivity index (χ0n) is 18.9. The number of nitrogens with one attached hydrogen (secondary N) is 1. The summed E-state index contributed by atoms with van der Waals surface area (Å²) in [5.41, 5.74) is 0.721. The van der Waals surface area contributed by atoms with Crippen LogP contribution in [0.25, 0.3) is 0 Å². The summed E-state index contributed by atoms with van der Waals surface area (Å²) in [6.45, 7) is 4.26. The van der Waals surface area contributed by atoms with Crippen molar-refractivity contribution >= 4 is 46.8 Å². The molecule has 4 amide bonds. The van der Waals surface area contributed by atoms with E-state index in [0.717, 1.165) is 12.0 Å². The molecular weight excluding hydrogens is 465 g/mol. The molecule has 1 saturated heterocycles. The molecule has 0 unspecified atom stereocenters. The van der Waals surface area contributed by atoms with Gasteiger partial charge in [0.05, 0.1) is 21.9 Å². The van der Waals surface area contributed by atoms with Crippen molar-refractivity contribution in [3.05, 3.63) is 46.0 Å². The highest BCUT2D eigenvalue weighted by molar-refractivity contribution is 6.42. The molecule has 33 heavy (non-hydrogen) atoms. The molecule has 1 aromatic rings. The van der Waals surface area contributed by atoms with Gasteiger partial charge in [-0.25, -0.2) is 0 Å². The highest BCUT2D eigenvalue weighted by Crippen LogP contribution is 2.35. The monoisotopic (exact) mass is 493 g/mol. The molecule has 1 aliphatic heterocycles. The van der Waals surface area contributed by atoms with Gasteiger partial charge < -0.3 is 10.2 Å². The third kappa shape index (κ3) is 5.76. The van der Waals surface area contributed by atoms with Crippen LogP contribution in [0.2, 0.25) is 10.0 Å². The zero-order chi connectivity index (χ0) is 24.1. The summed E-state index contributed by atoms with van der Waals surface area (Å²) in [7, 11) is 0. The van der Waals surface area contributed by atoms with Crippen LogP contribution < -0.4 is 5.32 Å². The number of allylic oxidation sites excluding steroid dienone is 2. The largest absolute Gasteiger partial charge is 0.354 e. The number of likely N-dealkylation sites (tertiary alicyclic amines) is 1. The van der Waals surface area contributed by atoms with E-state index in [1.54, 1.807) is 25.1 Å². The number of halogens is 2. The second-order valence-electron chi connectivity index (χ2n) is 8.47. The van der Waals surface area contributed by atoms with E-state index >= 15 is 0 Å². The SMILES string of the molecule is CCCNC(=O)[C@H](C)N(Cc1ccc(Cl)c(Cl)c1)C(=O)CCN1C(=O)[C@H]2CC=CC[C@H]2C1=O. The maximum atomic E-state index is 13.2. The number of nitrogens with zero attached hydrogens (tertiary/aromatic N) is 2. The minimum absolute atomic E-state index is 0.00464. The van der Waals surface area contributed by atoms with Gasteiger partial charge in [0, 0.05) is 26.1 Å². The van der Waals surface area contributed by atoms with E-state index in [0.29, 0.717) is 29.4 Å². The third-order valence-corrected chi connectivity index (χ3v) is 6.94. The van der Waals surface area contributed by atoms with Crippen molar-refractivity contribution in [1.82, 2.24) is 15.1 Å². The highest BCUT2D eigenvalue weighted by atomic mass is 35.5. The summed E-state index contributed by atoms with van der Waals surface area (Å²) < 4.78 is 0. The number of imide groups is 1. The van der Waals surface area contributed by atoms with Crippen LogP contribution in [-0.4, -0.2) is 52.6 Å². The number of carbonyl (C=O) groups is 4. The van der Waals surface area contributed by atoms with Crippen molar-refractivity contribution in [3.8, 4) is 0 Å². The van der Waals surface area contributed by atoms with Crippen LogP contribution in [0.1, 0.15) is 45.1 Å². The van der Waals surface area contributed by atoms with Crippen molar-refractivity contribution in [2.24, 2.45) is 11.8 Å². The summed E-state index contributed by atoms with van der Waals surface area (Å²) in [5.74, 6) is -1.68. The molecule has 1 heterocycles. The zero-order valence-corrected chi connectivity index (χ0v) is 20.4. The predicted molar refractivity (Wildman–Crippen MR) is 126 cm³/mol. The van der Waals surface area contributed by atoms with Gasteiger partial charge in [-0.15, -0.1) is 0 Å². The molecule has 1 N–H and O–H groups in total. The second kappa shape index (κ2) is 11.2. The Hall–Kier alpha value is -2.38. The Morgan fingerprint density at radius 1 is 1.12 bits per heavy atom. The molecule has 7 nitrogen and oxygen atoms in total. The Morgan fingerprint density at radius 3 is 2.33 bits per heavy atom. The lowest BCUT2D eigenvalue weighted by Gasteiger charge is -2.29. The van der Waals surface area contributed by atoms with Crippen LogP contribution >= 0.6 is 23.2 Å². The average molecular weight is 494 g/mol. The number of carbonyl (C=O) groups excluding carboxylic acids is 4. The number of amides is 4. The van der Waals surface area contributed by atoms with Gasteiger partial charge in [-0.2, -0.15) is 0 Å². The summed E-state index contributed by atoms with van der Waals surface area (Å²) in [5, 5.41) is 3.57. The molecule has 0 aromatic heterocycles. The van der Waals surface area contributed by atoms with E-state index in [1.165, 1.54) is 9.80 Å². The van der Waals surface area contributed by atoms with E-state index < -0.39 is 6.04 Å². The Morgan fingerprint density at radius 2 is 1.76 bits per heavy atom. The minimum atomic E-state index is -0.740. The van der Waals surface area contributed by atoms with Crippen LogP contribution in [0.3, 0.4) is 0 Å².